The number of H-pyrrole nitrogens is 1. The summed E-state index contributed by atoms with van der Waals surface area (Å²) in [6.45, 7) is 0.138. The Hall–Kier alpha value is -2.79. The fourth-order valence-electron chi connectivity index (χ4n) is 4.82. The van der Waals surface area contributed by atoms with Crippen LogP contribution >= 0.6 is 0 Å². The van der Waals surface area contributed by atoms with E-state index in [0.29, 0.717) is 18.4 Å². The smallest absolute Gasteiger partial charge is 0.329 e. The minimum Gasteiger partial charge on any atom is -0.492 e. The van der Waals surface area contributed by atoms with E-state index in [0.717, 1.165) is 0 Å². The van der Waals surface area contributed by atoms with Crippen molar-refractivity contribution in [1.82, 2.24) is 9.55 Å². The number of aliphatic hydroxyl groups is 2. The van der Waals surface area contributed by atoms with Gasteiger partial charge in [-0.25, -0.2) is 18.0 Å². The van der Waals surface area contributed by atoms with Crippen molar-refractivity contribution in [2.24, 2.45) is 5.92 Å². The summed E-state index contributed by atoms with van der Waals surface area (Å²) in [6.07, 6.45) is -2.74. The van der Waals surface area contributed by atoms with Crippen molar-refractivity contribution in [2.45, 2.75) is 37.5 Å². The lowest BCUT2D eigenvalue weighted by Crippen LogP contribution is -2.33. The summed E-state index contributed by atoms with van der Waals surface area (Å²) in [6, 6.07) is -0.304. The largest absolute Gasteiger partial charge is 0.492 e. The summed E-state index contributed by atoms with van der Waals surface area (Å²) < 4.78 is 50.2. The molecule has 1 saturated carbocycles. The van der Waals surface area contributed by atoms with Gasteiger partial charge in [0, 0.05) is 25.0 Å². The van der Waals surface area contributed by atoms with Crippen LogP contribution < -0.4 is 20.9 Å². The molecule has 31 heavy (non-hydrogen) atoms. The molecule has 3 unspecified atom stereocenters. The van der Waals surface area contributed by atoms with Crippen molar-refractivity contribution in [1.29, 1.82) is 0 Å². The molecule has 1 aromatic carbocycles. The predicted octanol–water partition coefficient (Wildman–Crippen LogP) is 1.21. The minimum atomic E-state index is -3.31. The number of rotatable bonds is 4. The van der Waals surface area contributed by atoms with Gasteiger partial charge in [0.1, 0.15) is 11.2 Å². The van der Waals surface area contributed by atoms with Gasteiger partial charge < -0.3 is 19.8 Å². The molecule has 1 aliphatic heterocycles. The average Bonchev–Trinajstić information content (AvgIpc) is 3.40. The fourth-order valence-corrected chi connectivity index (χ4v) is 4.82. The summed E-state index contributed by atoms with van der Waals surface area (Å²) in [7, 11) is 1.22. The number of methoxy groups -OCH3 is 1. The highest BCUT2D eigenvalue weighted by Gasteiger charge is 2.43. The first-order valence-electron chi connectivity index (χ1n) is 9.92. The number of nitrogens with zero attached hydrogens (tertiary/aromatic N) is 2. The Labute approximate surface area is 173 Å². The Bertz CT molecular complexity index is 1230. The van der Waals surface area contributed by atoms with Gasteiger partial charge in [0.15, 0.2) is 11.6 Å². The van der Waals surface area contributed by atoms with E-state index < -0.39 is 52.6 Å². The number of anilines is 1. The number of ether oxygens (including phenoxy) is 1. The molecule has 2 aromatic rings. The molecule has 0 amide bonds. The average molecular weight is 439 g/mol. The lowest BCUT2D eigenvalue weighted by molar-refractivity contribution is 0.0364. The van der Waals surface area contributed by atoms with Crippen molar-refractivity contribution in [3.63, 3.8) is 0 Å². The fraction of sp³-hybridized carbons (Fsp3) is 0.500. The van der Waals surface area contributed by atoms with E-state index in [4.69, 9.17) is 4.74 Å². The van der Waals surface area contributed by atoms with Gasteiger partial charge in [-0.1, -0.05) is 6.08 Å². The van der Waals surface area contributed by atoms with Gasteiger partial charge in [-0.05, 0) is 18.4 Å². The summed E-state index contributed by atoms with van der Waals surface area (Å²) in [5.41, 5.74) is -2.75. The Morgan fingerprint density at radius 3 is 2.55 bits per heavy atom. The van der Waals surface area contributed by atoms with Gasteiger partial charge in [-0.3, -0.25) is 14.3 Å². The molecular weight excluding hydrogens is 419 g/mol. The van der Waals surface area contributed by atoms with E-state index in [9.17, 15) is 28.6 Å². The first-order chi connectivity index (χ1) is 14.7. The van der Waals surface area contributed by atoms with Gasteiger partial charge in [0.2, 0.25) is 0 Å². The number of halogens is 3. The van der Waals surface area contributed by atoms with E-state index in [1.807, 2.05) is 4.98 Å². The van der Waals surface area contributed by atoms with Crippen molar-refractivity contribution >= 4 is 16.6 Å². The summed E-state index contributed by atoms with van der Waals surface area (Å²) in [5, 5.41) is 19.4. The molecule has 3 N–H and O–H groups in total. The molecule has 3 aliphatic rings. The maximum absolute atomic E-state index is 15.6. The second-order valence-electron chi connectivity index (χ2n) is 8.20. The van der Waals surface area contributed by atoms with E-state index in [2.05, 4.69) is 0 Å². The standard InChI is InChI=1S/C20H20F3N3O5/c1-31-17-14-12(19(29)24-20(30)26(14)8-2-3-8)11(18(22)23)13(21)15(17)25-5-7-4-10(27)16(28)9(7)6-25/h4,8-10,16,18,27-28H,2-3,5-6H2,1H3,(H,24,29,30). The van der Waals surface area contributed by atoms with Crippen LogP contribution in [0.2, 0.25) is 0 Å². The topological polar surface area (TPSA) is 108 Å². The summed E-state index contributed by atoms with van der Waals surface area (Å²) in [4.78, 5) is 28.5. The number of fused-ring (bicyclic) bond motifs is 2. The van der Waals surface area contributed by atoms with Crippen LogP contribution in [0.15, 0.2) is 21.2 Å². The molecule has 1 saturated heterocycles. The molecule has 8 nitrogen and oxygen atoms in total. The third kappa shape index (κ3) is 2.83. The van der Waals surface area contributed by atoms with E-state index in [1.165, 1.54) is 22.7 Å². The minimum absolute atomic E-state index is 0.0579. The molecule has 5 rings (SSSR count). The van der Waals surface area contributed by atoms with Crippen LogP contribution in [0.3, 0.4) is 0 Å². The van der Waals surface area contributed by atoms with Crippen LogP contribution in [-0.4, -0.2) is 52.2 Å². The third-order valence-corrected chi connectivity index (χ3v) is 6.35. The zero-order chi connectivity index (χ0) is 22.2. The maximum Gasteiger partial charge on any atom is 0.329 e. The molecule has 3 atom stereocenters. The lowest BCUT2D eigenvalue weighted by atomic mass is 10.0. The van der Waals surface area contributed by atoms with Crippen LogP contribution in [0.1, 0.15) is 30.9 Å². The number of hydrogen-bond donors (Lipinski definition) is 3. The van der Waals surface area contributed by atoms with Crippen molar-refractivity contribution in [3.05, 3.63) is 43.9 Å². The Balaban J connectivity index is 1.83. The van der Waals surface area contributed by atoms with Crippen LogP contribution in [0, 0.1) is 11.7 Å². The molecule has 1 aromatic heterocycles. The van der Waals surface area contributed by atoms with E-state index in [1.54, 1.807) is 0 Å². The number of hydrogen-bond acceptors (Lipinski definition) is 6. The number of aromatic amines is 1. The van der Waals surface area contributed by atoms with Gasteiger partial charge in [-0.15, -0.1) is 0 Å². The van der Waals surface area contributed by atoms with Gasteiger partial charge in [0.25, 0.3) is 12.0 Å². The first-order valence-corrected chi connectivity index (χ1v) is 9.92. The maximum atomic E-state index is 15.6. The Morgan fingerprint density at radius 2 is 1.97 bits per heavy atom. The number of aliphatic hydroxyl groups excluding tert-OH is 2. The third-order valence-electron chi connectivity index (χ3n) is 6.35. The quantitative estimate of drug-likeness (QED) is 0.619. The molecule has 0 radical (unpaired) electrons. The van der Waals surface area contributed by atoms with E-state index >= 15 is 4.39 Å². The van der Waals surface area contributed by atoms with Gasteiger partial charge >= 0.3 is 5.69 Å². The molecule has 166 valence electrons. The van der Waals surface area contributed by atoms with Crippen LogP contribution in [0.25, 0.3) is 10.9 Å². The normalized spacial score (nSPS) is 25.5. The van der Waals surface area contributed by atoms with Crippen molar-refractivity contribution < 1.29 is 28.1 Å². The summed E-state index contributed by atoms with van der Waals surface area (Å²) >= 11 is 0. The molecule has 11 heteroatoms. The molecule has 2 aliphatic carbocycles. The van der Waals surface area contributed by atoms with Crippen LogP contribution in [-0.2, 0) is 0 Å². The van der Waals surface area contributed by atoms with Gasteiger partial charge in [0.05, 0.1) is 30.3 Å². The first kappa shape index (κ1) is 20.1. The molecule has 2 fully saturated rings. The summed E-state index contributed by atoms with van der Waals surface area (Å²) in [5.74, 6) is -1.97. The Kier molecular flexibility index (Phi) is 4.45. The number of benzene rings is 1. The van der Waals surface area contributed by atoms with Crippen molar-refractivity contribution in [3.8, 4) is 5.75 Å². The SMILES string of the molecule is COc1c(N2CC3=CC(O)C(O)C3C2)c(F)c(C(F)F)c2c(=O)[nH]c(=O)n(C3CC3)c12. The van der Waals surface area contributed by atoms with Gasteiger partial charge in [-0.2, -0.15) is 0 Å². The Morgan fingerprint density at radius 1 is 1.26 bits per heavy atom. The van der Waals surface area contributed by atoms with E-state index in [-0.39, 0.29) is 36.1 Å². The lowest BCUT2D eigenvalue weighted by Gasteiger charge is -2.26. The molecule has 0 bridgehead atoms. The monoisotopic (exact) mass is 439 g/mol. The molecule has 0 spiro atoms. The predicted molar refractivity (Wildman–Crippen MR) is 104 cm³/mol. The molecule has 2 heterocycles. The highest BCUT2D eigenvalue weighted by Crippen LogP contribution is 2.48. The second kappa shape index (κ2) is 6.86. The second-order valence-corrected chi connectivity index (χ2v) is 8.20. The zero-order valence-electron chi connectivity index (χ0n) is 16.4. The number of aromatic nitrogens is 2. The van der Waals surface area contributed by atoms with Crippen LogP contribution in [0.5, 0.6) is 5.75 Å². The van der Waals surface area contributed by atoms with Crippen molar-refractivity contribution in [2.75, 3.05) is 25.1 Å². The zero-order valence-corrected chi connectivity index (χ0v) is 16.4. The molecular formula is C20H20F3N3O5. The number of nitrogens with one attached hydrogen (secondary N) is 1. The highest BCUT2D eigenvalue weighted by molar-refractivity contribution is 5.94. The highest BCUT2D eigenvalue weighted by atomic mass is 19.3. The van der Waals surface area contributed by atoms with Crippen LogP contribution in [0.4, 0.5) is 18.9 Å². The number of alkyl halides is 2.